The van der Waals surface area contributed by atoms with Gasteiger partial charge in [-0.1, -0.05) is 0 Å². The average molecular weight is 236 g/mol. The summed E-state index contributed by atoms with van der Waals surface area (Å²) < 4.78 is 5.31. The Morgan fingerprint density at radius 2 is 1.94 bits per heavy atom. The summed E-state index contributed by atoms with van der Waals surface area (Å²) in [5.74, 6) is 0.714. The Morgan fingerprint density at radius 1 is 1.35 bits per heavy atom. The molecule has 0 radical (unpaired) electrons. The second kappa shape index (κ2) is 5.68. The Balaban J connectivity index is 2.54. The highest BCUT2D eigenvalue weighted by atomic mass is 16.5. The molecule has 0 heterocycles. The molecule has 0 bridgehead atoms. The first-order chi connectivity index (χ1) is 7.90. The highest BCUT2D eigenvalue weighted by Gasteiger charge is 2.16. The molecule has 0 atom stereocenters. The van der Waals surface area contributed by atoms with Crippen LogP contribution in [0, 0.1) is 0 Å². The molecular weight excluding hydrogens is 216 g/mol. The van der Waals surface area contributed by atoms with Crippen molar-refractivity contribution in [1.29, 1.82) is 0 Å². The lowest BCUT2D eigenvalue weighted by molar-refractivity contribution is -0.117. The van der Waals surface area contributed by atoms with E-state index < -0.39 is 5.54 Å². The number of ether oxygens (including phenoxy) is 1. The number of carbonyl (C=O) groups is 1. The van der Waals surface area contributed by atoms with E-state index in [0.717, 1.165) is 11.4 Å². The molecule has 1 aromatic carbocycles. The van der Waals surface area contributed by atoms with Gasteiger partial charge in [0.1, 0.15) is 5.75 Å². The molecule has 1 amide bonds. The van der Waals surface area contributed by atoms with Crippen LogP contribution in [0.2, 0.25) is 0 Å². The predicted molar refractivity (Wildman–Crippen MR) is 69.1 cm³/mol. The Kier molecular flexibility index (Phi) is 4.52. The SMILES string of the molecule is CCOc1ccc(NC(=O)CC(C)(C)N)cc1. The van der Waals surface area contributed by atoms with Crippen molar-refractivity contribution in [2.45, 2.75) is 32.7 Å². The summed E-state index contributed by atoms with van der Waals surface area (Å²) in [4.78, 5) is 11.6. The summed E-state index contributed by atoms with van der Waals surface area (Å²) in [5.41, 5.74) is 6.03. The van der Waals surface area contributed by atoms with Gasteiger partial charge in [-0.25, -0.2) is 0 Å². The summed E-state index contributed by atoms with van der Waals surface area (Å²) in [6, 6.07) is 7.28. The lowest BCUT2D eigenvalue weighted by atomic mass is 10.0. The molecule has 0 aliphatic carbocycles. The van der Waals surface area contributed by atoms with Crippen molar-refractivity contribution in [1.82, 2.24) is 0 Å². The number of nitrogens with one attached hydrogen (secondary N) is 1. The molecule has 4 heteroatoms. The van der Waals surface area contributed by atoms with Gasteiger partial charge in [0.25, 0.3) is 0 Å². The number of hydrogen-bond acceptors (Lipinski definition) is 3. The smallest absolute Gasteiger partial charge is 0.226 e. The van der Waals surface area contributed by atoms with E-state index in [9.17, 15) is 4.79 Å². The van der Waals surface area contributed by atoms with E-state index in [2.05, 4.69) is 5.32 Å². The van der Waals surface area contributed by atoms with Gasteiger partial charge >= 0.3 is 0 Å². The van der Waals surface area contributed by atoms with E-state index >= 15 is 0 Å². The van der Waals surface area contributed by atoms with Crippen LogP contribution in [-0.4, -0.2) is 18.1 Å². The number of amides is 1. The van der Waals surface area contributed by atoms with E-state index in [1.807, 2.05) is 45.0 Å². The Labute approximate surface area is 102 Å². The summed E-state index contributed by atoms with van der Waals surface area (Å²) in [5, 5.41) is 2.79. The van der Waals surface area contributed by atoms with E-state index in [4.69, 9.17) is 10.5 Å². The third-order valence-corrected chi connectivity index (χ3v) is 2.07. The molecule has 4 nitrogen and oxygen atoms in total. The average Bonchev–Trinajstić information content (AvgIpc) is 2.18. The van der Waals surface area contributed by atoms with E-state index in [1.165, 1.54) is 0 Å². The lowest BCUT2D eigenvalue weighted by Crippen LogP contribution is -2.36. The Morgan fingerprint density at radius 3 is 2.41 bits per heavy atom. The number of nitrogens with two attached hydrogens (primary N) is 1. The molecule has 0 saturated heterocycles. The van der Waals surface area contributed by atoms with Crippen molar-refractivity contribution in [3.8, 4) is 5.75 Å². The van der Waals surface area contributed by atoms with Gasteiger partial charge in [0, 0.05) is 17.6 Å². The minimum absolute atomic E-state index is 0.0818. The molecule has 17 heavy (non-hydrogen) atoms. The van der Waals surface area contributed by atoms with Gasteiger partial charge in [-0.05, 0) is 45.0 Å². The molecule has 0 unspecified atom stereocenters. The minimum Gasteiger partial charge on any atom is -0.494 e. The maximum atomic E-state index is 11.6. The van der Waals surface area contributed by atoms with Crippen molar-refractivity contribution in [3.63, 3.8) is 0 Å². The third-order valence-electron chi connectivity index (χ3n) is 2.07. The molecule has 0 aliphatic rings. The largest absolute Gasteiger partial charge is 0.494 e. The molecule has 0 spiro atoms. The highest BCUT2D eigenvalue weighted by molar-refractivity contribution is 5.91. The van der Waals surface area contributed by atoms with Crippen molar-refractivity contribution in [2.75, 3.05) is 11.9 Å². The first-order valence-corrected chi connectivity index (χ1v) is 5.72. The maximum Gasteiger partial charge on any atom is 0.226 e. The second-order valence-corrected chi connectivity index (χ2v) is 4.67. The zero-order chi connectivity index (χ0) is 12.9. The standard InChI is InChI=1S/C13H20N2O2/c1-4-17-11-7-5-10(6-8-11)15-12(16)9-13(2,3)14/h5-8H,4,9,14H2,1-3H3,(H,15,16). The molecule has 0 fully saturated rings. The predicted octanol–water partition coefficient (Wildman–Crippen LogP) is 2.15. The van der Waals surface area contributed by atoms with E-state index in [0.29, 0.717) is 13.0 Å². The molecular formula is C13H20N2O2. The monoisotopic (exact) mass is 236 g/mol. The van der Waals surface area contributed by atoms with Crippen LogP contribution < -0.4 is 15.8 Å². The fourth-order valence-corrected chi connectivity index (χ4v) is 1.42. The zero-order valence-electron chi connectivity index (χ0n) is 10.6. The van der Waals surface area contributed by atoms with Crippen LogP contribution in [0.1, 0.15) is 27.2 Å². The van der Waals surface area contributed by atoms with Crippen molar-refractivity contribution in [2.24, 2.45) is 5.73 Å². The van der Waals surface area contributed by atoms with Gasteiger partial charge in [-0.2, -0.15) is 0 Å². The van der Waals surface area contributed by atoms with Gasteiger partial charge in [-0.3, -0.25) is 4.79 Å². The van der Waals surface area contributed by atoms with Crippen LogP contribution in [0.3, 0.4) is 0 Å². The summed E-state index contributed by atoms with van der Waals surface area (Å²) in [6.07, 6.45) is 0.292. The number of anilines is 1. The van der Waals surface area contributed by atoms with Crippen LogP contribution in [-0.2, 0) is 4.79 Å². The quantitative estimate of drug-likeness (QED) is 0.823. The van der Waals surface area contributed by atoms with Crippen molar-refractivity contribution < 1.29 is 9.53 Å². The van der Waals surface area contributed by atoms with E-state index in [-0.39, 0.29) is 5.91 Å². The molecule has 3 N–H and O–H groups in total. The normalized spacial score (nSPS) is 11.1. The number of rotatable bonds is 5. The Hall–Kier alpha value is -1.55. The fraction of sp³-hybridized carbons (Fsp3) is 0.462. The van der Waals surface area contributed by atoms with Gasteiger partial charge in [-0.15, -0.1) is 0 Å². The number of carbonyl (C=O) groups excluding carboxylic acids is 1. The van der Waals surface area contributed by atoms with Crippen molar-refractivity contribution >= 4 is 11.6 Å². The zero-order valence-corrected chi connectivity index (χ0v) is 10.6. The third kappa shape index (κ3) is 5.36. The lowest BCUT2D eigenvalue weighted by Gasteiger charge is -2.17. The molecule has 0 aromatic heterocycles. The topological polar surface area (TPSA) is 64.3 Å². The minimum atomic E-state index is -0.491. The molecule has 94 valence electrons. The van der Waals surface area contributed by atoms with Gasteiger partial charge < -0.3 is 15.8 Å². The summed E-state index contributed by atoms with van der Waals surface area (Å²) in [7, 11) is 0. The van der Waals surface area contributed by atoms with Gasteiger partial charge in [0.15, 0.2) is 0 Å². The maximum absolute atomic E-state index is 11.6. The highest BCUT2D eigenvalue weighted by Crippen LogP contribution is 2.16. The second-order valence-electron chi connectivity index (χ2n) is 4.67. The van der Waals surface area contributed by atoms with E-state index in [1.54, 1.807) is 0 Å². The van der Waals surface area contributed by atoms with Crippen LogP contribution in [0.15, 0.2) is 24.3 Å². The summed E-state index contributed by atoms with van der Waals surface area (Å²) >= 11 is 0. The molecule has 1 rings (SSSR count). The first kappa shape index (κ1) is 13.5. The van der Waals surface area contributed by atoms with Crippen LogP contribution in [0.25, 0.3) is 0 Å². The van der Waals surface area contributed by atoms with Crippen molar-refractivity contribution in [3.05, 3.63) is 24.3 Å². The molecule has 0 saturated carbocycles. The number of hydrogen-bond donors (Lipinski definition) is 2. The van der Waals surface area contributed by atoms with Gasteiger partial charge in [0.05, 0.1) is 6.61 Å². The number of benzene rings is 1. The summed E-state index contributed by atoms with van der Waals surface area (Å²) in [6.45, 7) is 6.21. The van der Waals surface area contributed by atoms with Crippen LogP contribution in [0.5, 0.6) is 5.75 Å². The molecule has 0 aliphatic heterocycles. The Bertz CT molecular complexity index is 366. The molecule has 1 aromatic rings. The first-order valence-electron chi connectivity index (χ1n) is 5.72. The fourth-order valence-electron chi connectivity index (χ4n) is 1.42. The van der Waals surface area contributed by atoms with Crippen LogP contribution in [0.4, 0.5) is 5.69 Å². The van der Waals surface area contributed by atoms with Gasteiger partial charge in [0.2, 0.25) is 5.91 Å². The van der Waals surface area contributed by atoms with Crippen LogP contribution >= 0.6 is 0 Å².